The van der Waals surface area contributed by atoms with Crippen molar-refractivity contribution in [2.75, 3.05) is 0 Å². The molecule has 0 saturated heterocycles. The normalized spacial score (nSPS) is 12.3. The van der Waals surface area contributed by atoms with Crippen LogP contribution in [0.1, 0.15) is 31.9 Å². The van der Waals surface area contributed by atoms with E-state index in [1.54, 1.807) is 12.1 Å². The van der Waals surface area contributed by atoms with Gasteiger partial charge in [0.2, 0.25) is 0 Å². The van der Waals surface area contributed by atoms with Gasteiger partial charge in [-0.15, -0.1) is 0 Å². The molecule has 1 rings (SSSR count). The second-order valence-corrected chi connectivity index (χ2v) is 5.03. The van der Waals surface area contributed by atoms with E-state index in [0.29, 0.717) is 11.6 Å². The minimum absolute atomic E-state index is 0.0293. The summed E-state index contributed by atoms with van der Waals surface area (Å²) in [6.07, 6.45) is 0.703. The zero-order valence-corrected chi connectivity index (χ0v) is 10.6. The van der Waals surface area contributed by atoms with Crippen LogP contribution < -0.4 is 0 Å². The molecule has 0 unspecified atom stereocenters. The number of rotatable bonds is 3. The predicted molar refractivity (Wildman–Crippen MR) is 68.4 cm³/mol. The van der Waals surface area contributed by atoms with Crippen molar-refractivity contribution < 1.29 is 19.8 Å². The zero-order valence-electron chi connectivity index (χ0n) is 10.6. The van der Waals surface area contributed by atoms with Crippen molar-refractivity contribution in [1.82, 2.24) is 0 Å². The van der Waals surface area contributed by atoms with Crippen LogP contribution in [0.2, 0.25) is 0 Å². The summed E-state index contributed by atoms with van der Waals surface area (Å²) in [5.74, 6) is -2.52. The van der Waals surface area contributed by atoms with Crippen LogP contribution in [0.3, 0.4) is 0 Å². The molecule has 0 amide bonds. The topological polar surface area (TPSA) is 74.6 Å². The van der Waals surface area contributed by atoms with Gasteiger partial charge in [-0.3, -0.25) is 0 Å². The Hall–Kier alpha value is -2.10. The molecule has 4 nitrogen and oxygen atoms in total. The molecule has 0 fully saturated rings. The standard InChI is InChI=1S/C14H16O4/c1-14(2,3)10-6-4-9(5-7-10)11(13(17)18)8-12(15)16/h4-8H,1-3H3,(H,15,16)(H,17,18)/b11-8-. The first kappa shape index (κ1) is 14.0. The molecule has 4 heteroatoms. The lowest BCUT2D eigenvalue weighted by Crippen LogP contribution is -2.11. The van der Waals surface area contributed by atoms with Gasteiger partial charge in [0.15, 0.2) is 0 Å². The van der Waals surface area contributed by atoms with E-state index in [9.17, 15) is 9.59 Å². The van der Waals surface area contributed by atoms with Crippen LogP contribution >= 0.6 is 0 Å². The van der Waals surface area contributed by atoms with Gasteiger partial charge in [-0.25, -0.2) is 9.59 Å². The molecular formula is C14H16O4. The fraction of sp³-hybridized carbons (Fsp3) is 0.286. The third kappa shape index (κ3) is 3.45. The van der Waals surface area contributed by atoms with Gasteiger partial charge in [0.25, 0.3) is 0 Å². The van der Waals surface area contributed by atoms with Crippen LogP contribution in [0, 0.1) is 0 Å². The number of hydrogen-bond acceptors (Lipinski definition) is 2. The number of carboxylic acids is 2. The fourth-order valence-electron chi connectivity index (χ4n) is 1.54. The quantitative estimate of drug-likeness (QED) is 0.806. The first-order chi connectivity index (χ1) is 8.21. The lowest BCUT2D eigenvalue weighted by Gasteiger charge is -2.19. The molecule has 0 atom stereocenters. The molecule has 1 aromatic carbocycles. The molecule has 0 aliphatic carbocycles. The second-order valence-electron chi connectivity index (χ2n) is 5.03. The van der Waals surface area contributed by atoms with Gasteiger partial charge >= 0.3 is 11.9 Å². The fourth-order valence-corrected chi connectivity index (χ4v) is 1.54. The minimum Gasteiger partial charge on any atom is -0.478 e. The van der Waals surface area contributed by atoms with Crippen molar-refractivity contribution in [3.8, 4) is 0 Å². The molecule has 0 radical (unpaired) electrons. The first-order valence-corrected chi connectivity index (χ1v) is 5.50. The van der Waals surface area contributed by atoms with Gasteiger partial charge < -0.3 is 10.2 Å². The summed E-state index contributed by atoms with van der Waals surface area (Å²) in [4.78, 5) is 21.6. The Labute approximate surface area is 106 Å². The number of aliphatic carboxylic acids is 2. The Morgan fingerprint density at radius 3 is 1.89 bits per heavy atom. The molecule has 0 aromatic heterocycles. The van der Waals surface area contributed by atoms with Crippen molar-refractivity contribution in [1.29, 1.82) is 0 Å². The Morgan fingerprint density at radius 1 is 1.06 bits per heavy atom. The number of benzene rings is 1. The van der Waals surface area contributed by atoms with Crippen molar-refractivity contribution in [3.63, 3.8) is 0 Å². The predicted octanol–water partition coefficient (Wildman–Crippen LogP) is 2.54. The monoisotopic (exact) mass is 248 g/mol. The van der Waals surface area contributed by atoms with Gasteiger partial charge in [-0.2, -0.15) is 0 Å². The van der Waals surface area contributed by atoms with Crippen molar-refractivity contribution >= 4 is 17.5 Å². The molecule has 0 aliphatic rings. The lowest BCUT2D eigenvalue weighted by atomic mass is 9.86. The van der Waals surface area contributed by atoms with E-state index in [1.807, 2.05) is 32.9 Å². The maximum Gasteiger partial charge on any atom is 0.336 e. The highest BCUT2D eigenvalue weighted by Gasteiger charge is 2.16. The van der Waals surface area contributed by atoms with Crippen LogP contribution in [0.4, 0.5) is 0 Å². The molecule has 0 spiro atoms. The van der Waals surface area contributed by atoms with Gasteiger partial charge in [-0.1, -0.05) is 45.0 Å². The zero-order chi connectivity index (χ0) is 13.9. The second kappa shape index (κ2) is 5.04. The summed E-state index contributed by atoms with van der Waals surface area (Å²) in [6, 6.07) is 6.88. The molecule has 0 saturated carbocycles. The van der Waals surface area contributed by atoms with E-state index in [0.717, 1.165) is 5.56 Å². The molecule has 1 aromatic rings. The molecule has 0 aliphatic heterocycles. The summed E-state index contributed by atoms with van der Waals surface area (Å²) >= 11 is 0. The van der Waals surface area contributed by atoms with E-state index in [2.05, 4.69) is 0 Å². The highest BCUT2D eigenvalue weighted by Crippen LogP contribution is 2.24. The number of carbonyl (C=O) groups is 2. The van der Waals surface area contributed by atoms with Gasteiger partial charge in [0.05, 0.1) is 5.57 Å². The van der Waals surface area contributed by atoms with Crippen molar-refractivity contribution in [3.05, 3.63) is 41.5 Å². The Morgan fingerprint density at radius 2 is 1.56 bits per heavy atom. The Kier molecular flexibility index (Phi) is 3.91. The SMILES string of the molecule is CC(C)(C)c1ccc(/C(=C/C(=O)O)C(=O)O)cc1. The summed E-state index contributed by atoms with van der Waals surface area (Å²) < 4.78 is 0. The van der Waals surface area contributed by atoms with Crippen molar-refractivity contribution in [2.24, 2.45) is 0 Å². The maximum absolute atomic E-state index is 11.0. The third-order valence-electron chi connectivity index (χ3n) is 2.56. The van der Waals surface area contributed by atoms with Crippen LogP contribution in [0.25, 0.3) is 5.57 Å². The Balaban J connectivity index is 3.18. The molecule has 18 heavy (non-hydrogen) atoms. The average molecular weight is 248 g/mol. The Bertz CT molecular complexity index is 490. The van der Waals surface area contributed by atoms with Gasteiger partial charge in [-0.05, 0) is 16.5 Å². The summed E-state index contributed by atoms with van der Waals surface area (Å²) in [5.41, 5.74) is 1.20. The highest BCUT2D eigenvalue weighted by atomic mass is 16.4. The van der Waals surface area contributed by atoms with E-state index in [1.165, 1.54) is 0 Å². The largest absolute Gasteiger partial charge is 0.478 e. The average Bonchev–Trinajstić information content (AvgIpc) is 2.24. The van der Waals surface area contributed by atoms with Crippen LogP contribution in [-0.4, -0.2) is 22.2 Å². The van der Waals surface area contributed by atoms with Gasteiger partial charge in [0, 0.05) is 6.08 Å². The van der Waals surface area contributed by atoms with E-state index >= 15 is 0 Å². The van der Waals surface area contributed by atoms with E-state index in [-0.39, 0.29) is 11.0 Å². The van der Waals surface area contributed by atoms with E-state index < -0.39 is 11.9 Å². The summed E-state index contributed by atoms with van der Waals surface area (Å²) in [5, 5.41) is 17.6. The molecular weight excluding hydrogens is 232 g/mol. The summed E-state index contributed by atoms with van der Waals surface area (Å²) in [7, 11) is 0. The van der Waals surface area contributed by atoms with E-state index in [4.69, 9.17) is 10.2 Å². The highest BCUT2D eigenvalue weighted by molar-refractivity contribution is 6.19. The summed E-state index contributed by atoms with van der Waals surface area (Å²) in [6.45, 7) is 6.15. The first-order valence-electron chi connectivity index (χ1n) is 5.50. The van der Waals surface area contributed by atoms with Gasteiger partial charge in [0.1, 0.15) is 0 Å². The molecule has 0 bridgehead atoms. The number of hydrogen-bond donors (Lipinski definition) is 2. The third-order valence-corrected chi connectivity index (χ3v) is 2.56. The van der Waals surface area contributed by atoms with Crippen LogP contribution in [0.15, 0.2) is 30.3 Å². The number of carboxylic acid groups (broad SMARTS) is 2. The van der Waals surface area contributed by atoms with Crippen LogP contribution in [-0.2, 0) is 15.0 Å². The minimum atomic E-state index is -1.27. The molecule has 2 N–H and O–H groups in total. The molecule has 96 valence electrons. The smallest absolute Gasteiger partial charge is 0.336 e. The van der Waals surface area contributed by atoms with Crippen LogP contribution in [0.5, 0.6) is 0 Å². The van der Waals surface area contributed by atoms with Crippen molar-refractivity contribution in [2.45, 2.75) is 26.2 Å². The molecule has 0 heterocycles. The maximum atomic E-state index is 11.0. The lowest BCUT2D eigenvalue weighted by molar-refractivity contribution is -0.133.